The predicted octanol–water partition coefficient (Wildman–Crippen LogP) is 2.96. The zero-order chi connectivity index (χ0) is 19.6. The van der Waals surface area contributed by atoms with E-state index in [-0.39, 0.29) is 22.7 Å². The van der Waals surface area contributed by atoms with Gasteiger partial charge >= 0.3 is 5.97 Å². The van der Waals surface area contributed by atoms with E-state index >= 15 is 0 Å². The van der Waals surface area contributed by atoms with Gasteiger partial charge in [-0.3, -0.25) is 4.72 Å². The van der Waals surface area contributed by atoms with Gasteiger partial charge in [-0.25, -0.2) is 17.6 Å². The minimum atomic E-state index is -4.41. The summed E-state index contributed by atoms with van der Waals surface area (Å²) < 4.78 is 51.6. The van der Waals surface area contributed by atoms with E-state index in [0.29, 0.717) is 11.1 Å². The normalized spacial score (nSPS) is 11.1. The van der Waals surface area contributed by atoms with Crippen molar-refractivity contribution in [1.82, 2.24) is 0 Å². The molecule has 0 spiro atoms. The maximum absolute atomic E-state index is 14.3. The van der Waals surface area contributed by atoms with Crippen LogP contribution in [-0.2, 0) is 10.0 Å². The van der Waals surface area contributed by atoms with Crippen molar-refractivity contribution in [2.75, 3.05) is 18.9 Å². The number of nitrogens with one attached hydrogen (secondary N) is 1. The number of benzene rings is 2. The van der Waals surface area contributed by atoms with Gasteiger partial charge in [0.25, 0.3) is 10.0 Å². The second-order valence-electron chi connectivity index (χ2n) is 5.53. The van der Waals surface area contributed by atoms with Gasteiger partial charge in [-0.1, -0.05) is 0 Å². The molecule has 2 aromatic carbocycles. The van der Waals surface area contributed by atoms with Crippen LogP contribution >= 0.6 is 0 Å². The van der Waals surface area contributed by atoms with E-state index in [1.54, 1.807) is 13.8 Å². The fourth-order valence-electron chi connectivity index (χ4n) is 2.32. The second-order valence-corrected chi connectivity index (χ2v) is 7.18. The maximum atomic E-state index is 14.3. The van der Waals surface area contributed by atoms with E-state index in [2.05, 4.69) is 4.72 Å². The first-order valence-electron chi connectivity index (χ1n) is 7.39. The molecule has 0 saturated carbocycles. The molecule has 9 heteroatoms. The Labute approximate surface area is 150 Å². The van der Waals surface area contributed by atoms with E-state index in [1.165, 1.54) is 26.4 Å². The summed E-state index contributed by atoms with van der Waals surface area (Å²) >= 11 is 0. The van der Waals surface area contributed by atoms with E-state index < -0.39 is 26.7 Å². The van der Waals surface area contributed by atoms with Gasteiger partial charge in [0.15, 0.2) is 11.5 Å². The van der Waals surface area contributed by atoms with Crippen LogP contribution in [0, 0.1) is 19.7 Å². The number of carbonyl (C=O) groups is 1. The zero-order valence-electron chi connectivity index (χ0n) is 14.6. The lowest BCUT2D eigenvalue weighted by molar-refractivity contribution is 0.0698. The van der Waals surface area contributed by atoms with E-state index in [1.807, 2.05) is 0 Å². The molecule has 0 aromatic heterocycles. The van der Waals surface area contributed by atoms with Crippen molar-refractivity contribution in [2.24, 2.45) is 0 Å². The molecular weight excluding hydrogens is 365 g/mol. The van der Waals surface area contributed by atoms with Crippen molar-refractivity contribution in [3.63, 3.8) is 0 Å². The Kier molecular flexibility index (Phi) is 5.41. The molecule has 26 heavy (non-hydrogen) atoms. The number of anilines is 1. The lowest BCUT2D eigenvalue weighted by Gasteiger charge is -2.15. The monoisotopic (exact) mass is 383 g/mol. The highest BCUT2D eigenvalue weighted by atomic mass is 32.2. The molecule has 0 aliphatic rings. The molecular formula is C17H18FNO6S. The number of carboxylic acids is 1. The topological polar surface area (TPSA) is 102 Å². The van der Waals surface area contributed by atoms with Crippen molar-refractivity contribution in [2.45, 2.75) is 18.7 Å². The van der Waals surface area contributed by atoms with Crippen LogP contribution < -0.4 is 14.2 Å². The maximum Gasteiger partial charge on any atom is 0.337 e. The highest BCUT2D eigenvalue weighted by molar-refractivity contribution is 7.92. The van der Waals surface area contributed by atoms with Crippen LogP contribution in [0.3, 0.4) is 0 Å². The van der Waals surface area contributed by atoms with Crippen molar-refractivity contribution in [1.29, 1.82) is 0 Å². The van der Waals surface area contributed by atoms with Crippen LogP contribution in [0.25, 0.3) is 0 Å². The van der Waals surface area contributed by atoms with Crippen LogP contribution in [0.4, 0.5) is 10.1 Å². The number of methoxy groups -OCH3 is 2. The summed E-state index contributed by atoms with van der Waals surface area (Å²) in [4.78, 5) is 10.7. The Hall–Kier alpha value is -2.81. The van der Waals surface area contributed by atoms with Gasteiger partial charge in [0.1, 0.15) is 10.7 Å². The lowest BCUT2D eigenvalue weighted by atomic mass is 10.0. The first kappa shape index (κ1) is 19.5. The van der Waals surface area contributed by atoms with E-state index in [9.17, 15) is 22.7 Å². The molecule has 2 aromatic rings. The minimum Gasteiger partial charge on any atom is -0.493 e. The van der Waals surface area contributed by atoms with Gasteiger partial charge in [0.05, 0.1) is 25.5 Å². The smallest absolute Gasteiger partial charge is 0.337 e. The predicted molar refractivity (Wildman–Crippen MR) is 93.2 cm³/mol. The van der Waals surface area contributed by atoms with Gasteiger partial charge < -0.3 is 14.6 Å². The molecule has 7 nitrogen and oxygen atoms in total. The number of sulfonamides is 1. The van der Waals surface area contributed by atoms with Crippen LogP contribution in [0.1, 0.15) is 21.5 Å². The molecule has 140 valence electrons. The minimum absolute atomic E-state index is 0.0211. The van der Waals surface area contributed by atoms with Crippen molar-refractivity contribution in [3.8, 4) is 11.5 Å². The number of ether oxygens (including phenoxy) is 2. The second kappa shape index (κ2) is 7.20. The quantitative estimate of drug-likeness (QED) is 0.795. The summed E-state index contributed by atoms with van der Waals surface area (Å²) in [6, 6.07) is 4.58. The fourth-order valence-corrected chi connectivity index (χ4v) is 3.46. The fraction of sp³-hybridized carbons (Fsp3) is 0.235. The van der Waals surface area contributed by atoms with Crippen molar-refractivity contribution in [3.05, 3.63) is 46.8 Å². The lowest BCUT2D eigenvalue weighted by Crippen LogP contribution is -2.17. The Morgan fingerprint density at radius 3 is 2.12 bits per heavy atom. The van der Waals surface area contributed by atoms with Gasteiger partial charge in [-0.2, -0.15) is 0 Å². The molecule has 0 bridgehead atoms. The van der Waals surface area contributed by atoms with Crippen molar-refractivity contribution >= 4 is 21.7 Å². The molecule has 0 aliphatic heterocycles. The van der Waals surface area contributed by atoms with Gasteiger partial charge in [-0.15, -0.1) is 0 Å². The molecule has 2 rings (SSSR count). The standard InChI is InChI=1S/C17H18FNO6S/c1-9-5-11(17(20)21)13(6-10(9)2)19-26(22,23)16-8-15(25-4)14(24-3)7-12(16)18/h5-8,19H,1-4H3,(H,20,21). The molecule has 0 saturated heterocycles. The SMILES string of the molecule is COc1cc(F)c(S(=O)(=O)Nc2cc(C)c(C)cc2C(=O)O)cc1OC. The number of aromatic carboxylic acids is 1. The van der Waals surface area contributed by atoms with Crippen LogP contribution in [0.5, 0.6) is 11.5 Å². The number of carboxylic acid groups (broad SMARTS) is 1. The van der Waals surface area contributed by atoms with Crippen LogP contribution in [-0.4, -0.2) is 33.7 Å². The molecule has 0 radical (unpaired) electrons. The molecule has 0 atom stereocenters. The largest absolute Gasteiger partial charge is 0.493 e. The first-order chi connectivity index (χ1) is 12.1. The summed E-state index contributed by atoms with van der Waals surface area (Å²) in [6.07, 6.45) is 0. The van der Waals surface area contributed by atoms with Gasteiger partial charge in [0.2, 0.25) is 0 Å². The average molecular weight is 383 g/mol. The summed E-state index contributed by atoms with van der Waals surface area (Å²) in [5.74, 6) is -2.32. The number of hydrogen-bond donors (Lipinski definition) is 2. The Morgan fingerprint density at radius 1 is 1.04 bits per heavy atom. The number of aryl methyl sites for hydroxylation is 2. The summed E-state index contributed by atoms with van der Waals surface area (Å²) in [6.45, 7) is 3.41. The summed E-state index contributed by atoms with van der Waals surface area (Å²) in [5.41, 5.74) is 0.968. The molecule has 2 N–H and O–H groups in total. The Bertz CT molecular complexity index is 972. The number of hydrogen-bond acceptors (Lipinski definition) is 5. The van der Waals surface area contributed by atoms with Gasteiger partial charge in [0, 0.05) is 12.1 Å². The summed E-state index contributed by atoms with van der Waals surface area (Å²) in [5, 5.41) is 9.31. The molecule has 0 unspecified atom stereocenters. The number of rotatable bonds is 6. The third-order valence-electron chi connectivity index (χ3n) is 3.84. The highest BCUT2D eigenvalue weighted by Gasteiger charge is 2.25. The van der Waals surface area contributed by atoms with Crippen LogP contribution in [0.15, 0.2) is 29.2 Å². The van der Waals surface area contributed by atoms with Gasteiger partial charge in [-0.05, 0) is 37.1 Å². The van der Waals surface area contributed by atoms with E-state index in [0.717, 1.165) is 12.1 Å². The van der Waals surface area contributed by atoms with E-state index in [4.69, 9.17) is 9.47 Å². The molecule has 0 fully saturated rings. The summed E-state index contributed by atoms with van der Waals surface area (Å²) in [7, 11) is -1.84. The van der Waals surface area contributed by atoms with Crippen molar-refractivity contribution < 1.29 is 32.2 Å². The molecule has 0 heterocycles. The third kappa shape index (κ3) is 3.72. The van der Waals surface area contributed by atoms with Crippen LogP contribution in [0.2, 0.25) is 0 Å². The Balaban J connectivity index is 2.57. The third-order valence-corrected chi connectivity index (χ3v) is 5.22. The molecule has 0 amide bonds. The molecule has 0 aliphatic carbocycles. The zero-order valence-corrected chi connectivity index (χ0v) is 15.4. The first-order valence-corrected chi connectivity index (χ1v) is 8.88. The average Bonchev–Trinajstić information content (AvgIpc) is 2.56. The Morgan fingerprint density at radius 2 is 1.58 bits per heavy atom. The number of halogens is 1. The highest BCUT2D eigenvalue weighted by Crippen LogP contribution is 2.33.